The van der Waals surface area contributed by atoms with Crippen LogP contribution in [0.25, 0.3) is 0 Å². The number of primary amides is 1. The van der Waals surface area contributed by atoms with Gasteiger partial charge >= 0.3 is 0 Å². The number of nitriles is 1. The van der Waals surface area contributed by atoms with Gasteiger partial charge in [0.2, 0.25) is 17.8 Å². The van der Waals surface area contributed by atoms with E-state index in [-0.39, 0.29) is 28.8 Å². The number of carbonyl (C=O) groups is 2. The average molecular weight is 455 g/mol. The lowest BCUT2D eigenvalue weighted by atomic mass is 9.79. The fraction of sp³-hybridized carbons (Fsp3) is 0.350. The van der Waals surface area contributed by atoms with Crippen molar-refractivity contribution in [1.82, 2.24) is 9.97 Å². The van der Waals surface area contributed by atoms with Gasteiger partial charge in [0.1, 0.15) is 17.6 Å². The molecule has 4 N–H and O–H groups in total. The molecule has 2 aliphatic rings. The number of nitro groups is 1. The monoisotopic (exact) mass is 455 g/mol. The maximum atomic E-state index is 14.7. The lowest BCUT2D eigenvalue weighted by Gasteiger charge is -2.33. The third-order valence-corrected chi connectivity index (χ3v) is 5.97. The molecule has 13 heteroatoms. The van der Waals surface area contributed by atoms with Crippen LogP contribution in [0.1, 0.15) is 29.9 Å². The third-order valence-electron chi connectivity index (χ3n) is 5.97. The van der Waals surface area contributed by atoms with E-state index >= 15 is 0 Å². The molecule has 1 fully saturated rings. The van der Waals surface area contributed by atoms with Crippen LogP contribution in [0, 0.1) is 39.1 Å². The molecule has 0 aliphatic carbocycles. The number of fused-ring (bicyclic) bond motifs is 1. The Morgan fingerprint density at radius 1 is 1.33 bits per heavy atom. The van der Waals surface area contributed by atoms with Crippen molar-refractivity contribution in [1.29, 1.82) is 5.26 Å². The second-order valence-corrected chi connectivity index (χ2v) is 7.85. The van der Waals surface area contributed by atoms with Gasteiger partial charge in [0.05, 0.1) is 16.6 Å². The highest BCUT2D eigenvalue weighted by Gasteiger charge is 2.42. The number of nitrogens with two attached hydrogens (primary N) is 1. The number of halogens is 1. The van der Waals surface area contributed by atoms with Crippen LogP contribution in [0.15, 0.2) is 23.0 Å². The molecular weight excluding hydrogens is 437 g/mol. The first-order valence-electron chi connectivity index (χ1n) is 10.0. The summed E-state index contributed by atoms with van der Waals surface area (Å²) in [6.45, 7) is 0.764. The summed E-state index contributed by atoms with van der Waals surface area (Å²) in [6, 6.07) is 4.47. The van der Waals surface area contributed by atoms with E-state index in [4.69, 9.17) is 5.73 Å². The molecule has 170 valence electrons. The zero-order valence-corrected chi connectivity index (χ0v) is 17.1. The first-order valence-corrected chi connectivity index (χ1v) is 10.0. The Morgan fingerprint density at radius 2 is 2.03 bits per heavy atom. The van der Waals surface area contributed by atoms with Crippen molar-refractivity contribution in [3.8, 4) is 6.07 Å². The van der Waals surface area contributed by atoms with Crippen molar-refractivity contribution in [3.05, 3.63) is 55.6 Å². The molecular formula is C20H18FN7O5. The van der Waals surface area contributed by atoms with E-state index in [2.05, 4.69) is 15.3 Å². The standard InChI is InChI=1S/C20H18FN7O5/c21-13-2-1-10(28(32)33)7-11(13)14-12(8-22)18(30)24-17-15(14)19(31)26-20(25-17)27-5-3-9(4-6-27)16(23)29/h1-2,7,9,12,14H,3-6H2,(H2,23,29)(H2,24,25,26,30,31). The highest BCUT2D eigenvalue weighted by molar-refractivity contribution is 5.98. The third kappa shape index (κ3) is 3.86. The number of non-ortho nitro benzene ring substituents is 1. The Labute approximate surface area is 185 Å². The van der Waals surface area contributed by atoms with E-state index in [1.165, 1.54) is 0 Å². The van der Waals surface area contributed by atoms with Crippen LogP contribution in [0.3, 0.4) is 0 Å². The average Bonchev–Trinajstić information content (AvgIpc) is 2.78. The van der Waals surface area contributed by atoms with Crippen LogP contribution >= 0.6 is 0 Å². The number of piperidine rings is 1. The molecule has 3 heterocycles. The van der Waals surface area contributed by atoms with Crippen molar-refractivity contribution >= 4 is 29.3 Å². The number of nitrogens with zero attached hydrogens (tertiary/aromatic N) is 4. The van der Waals surface area contributed by atoms with E-state index < -0.39 is 45.6 Å². The van der Waals surface area contributed by atoms with Gasteiger partial charge in [0.15, 0.2) is 0 Å². The van der Waals surface area contributed by atoms with Crippen LogP contribution in [0.4, 0.5) is 21.8 Å². The Kier molecular flexibility index (Phi) is 5.50. The van der Waals surface area contributed by atoms with Crippen molar-refractivity contribution in [2.24, 2.45) is 17.6 Å². The molecule has 1 aromatic heterocycles. The smallest absolute Gasteiger partial charge is 0.269 e. The summed E-state index contributed by atoms with van der Waals surface area (Å²) in [5.74, 6) is -5.32. The number of H-pyrrole nitrogens is 1. The van der Waals surface area contributed by atoms with Crippen molar-refractivity contribution < 1.29 is 18.9 Å². The highest BCUT2D eigenvalue weighted by atomic mass is 19.1. The SMILES string of the molecule is N#CC1C(=O)Nc2nc(N3CCC(C(N)=O)CC3)[nH]c(=O)c2C1c1cc([N+](=O)[O-])ccc1F. The number of aromatic nitrogens is 2. The van der Waals surface area contributed by atoms with Gasteiger partial charge < -0.3 is 16.0 Å². The molecule has 0 radical (unpaired) electrons. The van der Waals surface area contributed by atoms with E-state index in [0.717, 1.165) is 18.2 Å². The number of benzene rings is 1. The molecule has 33 heavy (non-hydrogen) atoms. The maximum absolute atomic E-state index is 14.7. The normalized spacial score (nSPS) is 20.5. The summed E-state index contributed by atoms with van der Waals surface area (Å²) >= 11 is 0. The number of hydrogen-bond acceptors (Lipinski definition) is 8. The second-order valence-electron chi connectivity index (χ2n) is 7.85. The summed E-state index contributed by atoms with van der Waals surface area (Å²) in [5.41, 5.74) is 3.68. The van der Waals surface area contributed by atoms with Crippen LogP contribution in [-0.4, -0.2) is 39.8 Å². The zero-order chi connectivity index (χ0) is 23.9. The summed E-state index contributed by atoms with van der Waals surface area (Å²) in [4.78, 5) is 56.1. The molecule has 12 nitrogen and oxygen atoms in total. The molecule has 2 atom stereocenters. The maximum Gasteiger partial charge on any atom is 0.269 e. The van der Waals surface area contributed by atoms with Gasteiger partial charge in [-0.2, -0.15) is 10.2 Å². The van der Waals surface area contributed by atoms with Gasteiger partial charge in [-0.25, -0.2) is 4.39 Å². The lowest BCUT2D eigenvalue weighted by molar-refractivity contribution is -0.385. The largest absolute Gasteiger partial charge is 0.369 e. The Morgan fingerprint density at radius 3 is 2.64 bits per heavy atom. The molecule has 2 amide bonds. The van der Waals surface area contributed by atoms with Crippen molar-refractivity contribution in [2.75, 3.05) is 23.3 Å². The number of nitro benzene ring substituents is 1. The quantitative estimate of drug-likeness (QED) is 0.444. The van der Waals surface area contributed by atoms with Gasteiger partial charge in [0.25, 0.3) is 11.2 Å². The minimum Gasteiger partial charge on any atom is -0.369 e. The Balaban J connectivity index is 1.80. The number of hydrogen-bond donors (Lipinski definition) is 3. The number of aromatic amines is 1. The first-order chi connectivity index (χ1) is 15.7. The Bertz CT molecular complexity index is 1260. The molecule has 4 rings (SSSR count). The number of rotatable bonds is 4. The lowest BCUT2D eigenvalue weighted by Crippen LogP contribution is -2.42. The second kappa shape index (κ2) is 8.30. The van der Waals surface area contributed by atoms with Gasteiger partial charge in [0, 0.05) is 42.6 Å². The summed E-state index contributed by atoms with van der Waals surface area (Å²) in [5, 5.41) is 23.2. The fourth-order valence-electron chi connectivity index (χ4n) is 4.24. The predicted molar refractivity (Wildman–Crippen MR) is 112 cm³/mol. The van der Waals surface area contributed by atoms with Crippen molar-refractivity contribution in [3.63, 3.8) is 0 Å². The summed E-state index contributed by atoms with van der Waals surface area (Å²) < 4.78 is 14.7. The number of nitrogens with one attached hydrogen (secondary N) is 2. The van der Waals surface area contributed by atoms with Gasteiger partial charge in [-0.3, -0.25) is 29.5 Å². The van der Waals surface area contributed by atoms with Crippen LogP contribution in [0.2, 0.25) is 0 Å². The van der Waals surface area contributed by atoms with E-state index in [9.17, 15) is 34.2 Å². The van der Waals surface area contributed by atoms with E-state index in [1.807, 2.05) is 0 Å². The summed E-state index contributed by atoms with van der Waals surface area (Å²) in [7, 11) is 0. The molecule has 0 saturated carbocycles. The first kappa shape index (κ1) is 21.9. The minimum atomic E-state index is -1.51. The van der Waals surface area contributed by atoms with Crippen LogP contribution in [0.5, 0.6) is 0 Å². The number of anilines is 2. The summed E-state index contributed by atoms with van der Waals surface area (Å²) in [6.07, 6.45) is 0.918. The topological polar surface area (TPSA) is 188 Å². The van der Waals surface area contributed by atoms with Crippen molar-refractivity contribution in [2.45, 2.75) is 18.8 Å². The van der Waals surface area contributed by atoms with Crippen LogP contribution in [-0.2, 0) is 9.59 Å². The number of carbonyl (C=O) groups excluding carboxylic acids is 2. The molecule has 1 saturated heterocycles. The fourth-order valence-corrected chi connectivity index (χ4v) is 4.24. The zero-order valence-electron chi connectivity index (χ0n) is 17.1. The molecule has 0 bridgehead atoms. The minimum absolute atomic E-state index is 0.135. The molecule has 2 unspecified atom stereocenters. The van der Waals surface area contributed by atoms with Gasteiger partial charge in [-0.05, 0) is 18.9 Å². The molecule has 0 spiro atoms. The Hall–Kier alpha value is -4.34. The van der Waals surface area contributed by atoms with Crippen LogP contribution < -0.4 is 21.5 Å². The van der Waals surface area contributed by atoms with Gasteiger partial charge in [-0.15, -0.1) is 0 Å². The molecule has 2 aliphatic heterocycles. The number of amides is 2. The molecule has 1 aromatic carbocycles. The highest BCUT2D eigenvalue weighted by Crippen LogP contribution is 2.40. The van der Waals surface area contributed by atoms with Gasteiger partial charge in [-0.1, -0.05) is 0 Å². The van der Waals surface area contributed by atoms with E-state index in [1.54, 1.807) is 11.0 Å². The molecule has 2 aromatic rings. The predicted octanol–water partition coefficient (Wildman–Crippen LogP) is 0.743. The van der Waals surface area contributed by atoms with E-state index in [0.29, 0.717) is 25.9 Å².